The van der Waals surface area contributed by atoms with Crippen LogP contribution in [0.5, 0.6) is 0 Å². The minimum atomic E-state index is 0.527. The predicted molar refractivity (Wildman–Crippen MR) is 71.6 cm³/mol. The predicted octanol–water partition coefficient (Wildman–Crippen LogP) is 2.43. The van der Waals surface area contributed by atoms with Crippen LogP contribution in [0.3, 0.4) is 0 Å². The molecule has 2 heterocycles. The largest absolute Gasteiger partial charge is 0.364 e. The van der Waals surface area contributed by atoms with Gasteiger partial charge in [0.05, 0.1) is 12.2 Å². The Morgan fingerprint density at radius 2 is 2.22 bits per heavy atom. The van der Waals surface area contributed by atoms with Gasteiger partial charge in [0, 0.05) is 18.8 Å². The standard InChI is InChI=1S/C12H16ClN5/c1-3-4-10-11(13)15-8-16-12(10)14-7-9-5-6-17-18(9)2/h5-6,8H,3-4,7H2,1-2H3,(H,14,15,16). The lowest BCUT2D eigenvalue weighted by Gasteiger charge is -2.11. The van der Waals surface area contributed by atoms with Crippen LogP contribution in [0.1, 0.15) is 24.6 Å². The highest BCUT2D eigenvalue weighted by atomic mass is 35.5. The molecule has 0 fully saturated rings. The van der Waals surface area contributed by atoms with Crippen molar-refractivity contribution in [1.29, 1.82) is 0 Å². The third-order valence-electron chi connectivity index (χ3n) is 2.75. The van der Waals surface area contributed by atoms with Gasteiger partial charge in [0.1, 0.15) is 17.3 Å². The lowest BCUT2D eigenvalue weighted by Crippen LogP contribution is -2.09. The number of rotatable bonds is 5. The second-order valence-corrected chi connectivity index (χ2v) is 4.40. The summed E-state index contributed by atoms with van der Waals surface area (Å²) in [5.74, 6) is 0.804. The third-order valence-corrected chi connectivity index (χ3v) is 3.08. The first-order valence-electron chi connectivity index (χ1n) is 5.92. The summed E-state index contributed by atoms with van der Waals surface area (Å²) in [5.41, 5.74) is 2.07. The summed E-state index contributed by atoms with van der Waals surface area (Å²) in [6.07, 6.45) is 5.13. The molecule has 2 aromatic rings. The van der Waals surface area contributed by atoms with Gasteiger partial charge in [0.2, 0.25) is 0 Å². The molecular formula is C12H16ClN5. The second-order valence-electron chi connectivity index (χ2n) is 4.04. The minimum absolute atomic E-state index is 0.527. The second kappa shape index (κ2) is 5.82. The van der Waals surface area contributed by atoms with Crippen LogP contribution in [-0.4, -0.2) is 19.7 Å². The fourth-order valence-corrected chi connectivity index (χ4v) is 1.99. The molecule has 0 aromatic carbocycles. The number of anilines is 1. The van der Waals surface area contributed by atoms with Crippen molar-refractivity contribution < 1.29 is 0 Å². The Morgan fingerprint density at radius 1 is 1.39 bits per heavy atom. The van der Waals surface area contributed by atoms with Crippen LogP contribution < -0.4 is 5.32 Å². The summed E-state index contributed by atoms with van der Waals surface area (Å²) >= 11 is 6.09. The fraction of sp³-hybridized carbons (Fsp3) is 0.417. The molecule has 0 bridgehead atoms. The van der Waals surface area contributed by atoms with E-state index in [0.29, 0.717) is 11.7 Å². The maximum Gasteiger partial charge on any atom is 0.137 e. The Kier molecular flexibility index (Phi) is 4.15. The van der Waals surface area contributed by atoms with Crippen molar-refractivity contribution in [3.8, 4) is 0 Å². The van der Waals surface area contributed by atoms with Crippen LogP contribution in [0.25, 0.3) is 0 Å². The zero-order chi connectivity index (χ0) is 13.0. The van der Waals surface area contributed by atoms with Gasteiger partial charge in [0.25, 0.3) is 0 Å². The number of nitrogens with zero attached hydrogens (tertiary/aromatic N) is 4. The van der Waals surface area contributed by atoms with Crippen molar-refractivity contribution in [3.05, 3.63) is 35.0 Å². The number of aromatic nitrogens is 4. The van der Waals surface area contributed by atoms with Crippen LogP contribution in [0, 0.1) is 0 Å². The van der Waals surface area contributed by atoms with Crippen LogP contribution in [0.15, 0.2) is 18.6 Å². The first-order valence-corrected chi connectivity index (χ1v) is 6.30. The van der Waals surface area contributed by atoms with Crippen molar-refractivity contribution >= 4 is 17.4 Å². The molecule has 2 rings (SSSR count). The highest BCUT2D eigenvalue weighted by molar-refractivity contribution is 6.30. The molecule has 96 valence electrons. The monoisotopic (exact) mass is 265 g/mol. The van der Waals surface area contributed by atoms with Gasteiger partial charge in [-0.2, -0.15) is 5.10 Å². The quantitative estimate of drug-likeness (QED) is 0.844. The zero-order valence-corrected chi connectivity index (χ0v) is 11.3. The molecule has 0 saturated heterocycles. The van der Waals surface area contributed by atoms with Gasteiger partial charge in [-0.05, 0) is 12.5 Å². The van der Waals surface area contributed by atoms with Gasteiger partial charge in [-0.25, -0.2) is 9.97 Å². The van der Waals surface area contributed by atoms with Crippen LogP contribution >= 0.6 is 11.6 Å². The SMILES string of the molecule is CCCc1c(Cl)ncnc1NCc1ccnn1C. The fourth-order valence-electron chi connectivity index (χ4n) is 1.76. The maximum absolute atomic E-state index is 6.09. The molecule has 0 atom stereocenters. The summed E-state index contributed by atoms with van der Waals surface area (Å²) in [4.78, 5) is 8.27. The number of nitrogens with one attached hydrogen (secondary N) is 1. The molecule has 5 nitrogen and oxygen atoms in total. The molecule has 6 heteroatoms. The van der Waals surface area contributed by atoms with Crippen LogP contribution in [0.4, 0.5) is 5.82 Å². The summed E-state index contributed by atoms with van der Waals surface area (Å²) < 4.78 is 1.83. The van der Waals surface area contributed by atoms with E-state index in [1.165, 1.54) is 6.33 Å². The van der Waals surface area contributed by atoms with E-state index in [2.05, 4.69) is 27.3 Å². The van der Waals surface area contributed by atoms with Crippen molar-refractivity contribution in [1.82, 2.24) is 19.7 Å². The van der Waals surface area contributed by atoms with Gasteiger partial charge in [-0.1, -0.05) is 24.9 Å². The van der Waals surface area contributed by atoms with E-state index in [1.807, 2.05) is 17.8 Å². The molecule has 1 N–H and O–H groups in total. The van der Waals surface area contributed by atoms with Crippen molar-refractivity contribution in [2.75, 3.05) is 5.32 Å². The molecule has 0 aliphatic heterocycles. The summed E-state index contributed by atoms with van der Waals surface area (Å²) in [7, 11) is 1.91. The first-order chi connectivity index (χ1) is 8.72. The Balaban J connectivity index is 2.14. The highest BCUT2D eigenvalue weighted by Gasteiger charge is 2.09. The minimum Gasteiger partial charge on any atom is -0.364 e. The van der Waals surface area contributed by atoms with E-state index in [1.54, 1.807) is 6.20 Å². The molecule has 0 radical (unpaired) electrons. The molecule has 0 aliphatic carbocycles. The number of aryl methyl sites for hydroxylation is 1. The normalized spacial score (nSPS) is 10.6. The van der Waals surface area contributed by atoms with E-state index in [0.717, 1.165) is 29.9 Å². The molecule has 0 spiro atoms. The first kappa shape index (κ1) is 12.8. The van der Waals surface area contributed by atoms with Crippen molar-refractivity contribution in [2.24, 2.45) is 7.05 Å². The summed E-state index contributed by atoms with van der Waals surface area (Å²) in [6.45, 7) is 2.77. The molecule has 0 saturated carbocycles. The Labute approximate surface area is 111 Å². The summed E-state index contributed by atoms with van der Waals surface area (Å²) in [5, 5.41) is 7.94. The van der Waals surface area contributed by atoms with Gasteiger partial charge < -0.3 is 5.32 Å². The molecule has 0 aliphatic rings. The Bertz CT molecular complexity index is 523. The van der Waals surface area contributed by atoms with E-state index in [-0.39, 0.29) is 0 Å². The van der Waals surface area contributed by atoms with Crippen molar-refractivity contribution in [2.45, 2.75) is 26.3 Å². The highest BCUT2D eigenvalue weighted by Crippen LogP contribution is 2.21. The smallest absolute Gasteiger partial charge is 0.137 e. The topological polar surface area (TPSA) is 55.6 Å². The lowest BCUT2D eigenvalue weighted by atomic mass is 10.2. The van der Waals surface area contributed by atoms with Crippen LogP contribution in [-0.2, 0) is 20.0 Å². The molecular weight excluding hydrogens is 250 g/mol. The molecule has 0 amide bonds. The van der Waals surface area contributed by atoms with E-state index in [4.69, 9.17) is 11.6 Å². The number of halogens is 1. The Morgan fingerprint density at radius 3 is 2.89 bits per heavy atom. The van der Waals surface area contributed by atoms with Gasteiger partial charge in [-0.15, -0.1) is 0 Å². The maximum atomic E-state index is 6.09. The Hall–Kier alpha value is -1.62. The average molecular weight is 266 g/mol. The van der Waals surface area contributed by atoms with Crippen LogP contribution in [0.2, 0.25) is 5.15 Å². The van der Waals surface area contributed by atoms with Gasteiger partial charge >= 0.3 is 0 Å². The third kappa shape index (κ3) is 2.79. The number of hydrogen-bond acceptors (Lipinski definition) is 4. The lowest BCUT2D eigenvalue weighted by molar-refractivity contribution is 0.719. The molecule has 0 unspecified atom stereocenters. The van der Waals surface area contributed by atoms with Crippen molar-refractivity contribution in [3.63, 3.8) is 0 Å². The van der Waals surface area contributed by atoms with E-state index < -0.39 is 0 Å². The van der Waals surface area contributed by atoms with Gasteiger partial charge in [0.15, 0.2) is 0 Å². The number of hydrogen-bond donors (Lipinski definition) is 1. The molecule has 2 aromatic heterocycles. The van der Waals surface area contributed by atoms with E-state index >= 15 is 0 Å². The average Bonchev–Trinajstić information content (AvgIpc) is 2.76. The zero-order valence-electron chi connectivity index (χ0n) is 10.5. The summed E-state index contributed by atoms with van der Waals surface area (Å²) in [6, 6.07) is 1.97. The van der Waals surface area contributed by atoms with Gasteiger partial charge in [-0.3, -0.25) is 4.68 Å². The molecule has 18 heavy (non-hydrogen) atoms. The van der Waals surface area contributed by atoms with E-state index in [9.17, 15) is 0 Å².